The summed E-state index contributed by atoms with van der Waals surface area (Å²) in [5.74, 6) is 2.96. The fraction of sp³-hybridized carbons (Fsp3) is 0.421. The van der Waals surface area contributed by atoms with Gasteiger partial charge in [0.2, 0.25) is 13.6 Å². The first-order valence-corrected chi connectivity index (χ1v) is 19.4. The van der Waals surface area contributed by atoms with Crippen LogP contribution in [-0.2, 0) is 32.2 Å². The number of hydrogen-bond donors (Lipinski definition) is 4. The molecule has 4 aromatic rings. The molecule has 14 heteroatoms. The van der Waals surface area contributed by atoms with Crippen molar-refractivity contribution < 1.29 is 28.5 Å². The number of ether oxygens (including phenoxy) is 4. The first-order valence-electron chi connectivity index (χ1n) is 17.6. The summed E-state index contributed by atoms with van der Waals surface area (Å²) in [4.78, 5) is 31.0. The van der Waals surface area contributed by atoms with E-state index in [2.05, 4.69) is 67.8 Å². The summed E-state index contributed by atoms with van der Waals surface area (Å²) in [7, 11) is 6.08. The zero-order valence-electron chi connectivity index (χ0n) is 29.9. The lowest BCUT2D eigenvalue weighted by molar-refractivity contribution is 0.168. The van der Waals surface area contributed by atoms with Gasteiger partial charge in [-0.25, -0.2) is 9.59 Å². The van der Waals surface area contributed by atoms with Crippen molar-refractivity contribution in [2.75, 3.05) is 60.9 Å². The molecule has 0 spiro atoms. The molecule has 12 nitrogen and oxygen atoms in total. The van der Waals surface area contributed by atoms with E-state index in [4.69, 9.17) is 18.9 Å². The Balaban J connectivity index is 1.09. The average Bonchev–Trinajstić information content (AvgIpc) is 3.97. The number of thiophene rings is 2. The summed E-state index contributed by atoms with van der Waals surface area (Å²) in [6, 6.07) is 15.9. The number of urea groups is 2. The Labute approximate surface area is 313 Å². The lowest BCUT2D eigenvalue weighted by Gasteiger charge is -2.29. The van der Waals surface area contributed by atoms with E-state index in [0.29, 0.717) is 45.6 Å². The number of para-hydroxylation sites is 1. The average molecular weight is 749 g/mol. The Bertz CT molecular complexity index is 1750. The van der Waals surface area contributed by atoms with Gasteiger partial charge < -0.3 is 45.1 Å². The van der Waals surface area contributed by atoms with Gasteiger partial charge in [0.15, 0.2) is 23.0 Å². The largest absolute Gasteiger partial charge is 0.454 e. The maximum Gasteiger partial charge on any atom is 0.314 e. The van der Waals surface area contributed by atoms with Crippen molar-refractivity contribution in [2.24, 2.45) is 0 Å². The number of nitrogens with one attached hydrogen (secondary N) is 4. The molecule has 2 aromatic heterocycles. The number of amides is 4. The molecule has 0 bridgehead atoms. The summed E-state index contributed by atoms with van der Waals surface area (Å²) in [6.45, 7) is 2.95. The van der Waals surface area contributed by atoms with Gasteiger partial charge in [-0.05, 0) is 97.9 Å². The molecule has 2 atom stereocenters. The Hall–Kier alpha value is -4.50. The molecule has 0 radical (unpaired) electrons. The third-order valence-electron chi connectivity index (χ3n) is 9.36. The van der Waals surface area contributed by atoms with Gasteiger partial charge in [-0.3, -0.25) is 4.90 Å². The summed E-state index contributed by atoms with van der Waals surface area (Å²) in [6.07, 6.45) is 2.90. The van der Waals surface area contributed by atoms with E-state index in [9.17, 15) is 9.59 Å². The molecule has 2 aromatic carbocycles. The number of carbonyl (C=O) groups excluding carboxylic acids is 2. The summed E-state index contributed by atoms with van der Waals surface area (Å²) < 4.78 is 23.6. The highest BCUT2D eigenvalue weighted by molar-refractivity contribution is 7.09. The lowest BCUT2D eigenvalue weighted by Crippen LogP contribution is -2.46. The maximum atomic E-state index is 12.8. The van der Waals surface area contributed by atoms with Crippen LogP contribution in [0.5, 0.6) is 23.0 Å². The molecule has 0 saturated carbocycles. The standard InChI is InChI=1S/C38H48N6O6S2/c1-43(2)30(20-41-38(46)40-15-12-32-7-5-16-52-32)18-28-9-10-29(36-35(28)49-25-50-36)22-44(3)31(19-27-6-4-8-33-34(27)48-24-47-33)21-42-37(45)39-14-11-26-13-17-51-23-26/h4-10,13,16-17,23,30-31H,11-12,14-15,18-22,24-25H2,1-3H3,(H2,39,42,45)(H2,40,41,46)/t30-,31-/m0/s1. The molecule has 0 saturated heterocycles. The third-order valence-corrected chi connectivity index (χ3v) is 11.0. The van der Waals surface area contributed by atoms with Crippen molar-refractivity contribution >= 4 is 34.7 Å². The van der Waals surface area contributed by atoms with Crippen LogP contribution in [0.15, 0.2) is 64.7 Å². The van der Waals surface area contributed by atoms with Crippen molar-refractivity contribution in [1.29, 1.82) is 0 Å². The van der Waals surface area contributed by atoms with Crippen molar-refractivity contribution in [1.82, 2.24) is 31.1 Å². The molecule has 4 amide bonds. The maximum absolute atomic E-state index is 12.8. The molecule has 2 aliphatic rings. The predicted octanol–water partition coefficient (Wildman–Crippen LogP) is 4.87. The Kier molecular flexibility index (Phi) is 13.1. The second-order valence-corrected chi connectivity index (χ2v) is 15.0. The normalized spacial score (nSPS) is 14.0. The van der Waals surface area contributed by atoms with E-state index in [-0.39, 0.29) is 37.7 Å². The van der Waals surface area contributed by atoms with E-state index in [1.54, 1.807) is 22.7 Å². The molecule has 0 aliphatic carbocycles. The van der Waals surface area contributed by atoms with Crippen LogP contribution in [0.4, 0.5) is 9.59 Å². The van der Waals surface area contributed by atoms with Gasteiger partial charge >= 0.3 is 12.1 Å². The first-order chi connectivity index (χ1) is 25.3. The zero-order chi connectivity index (χ0) is 36.3. The number of nitrogens with zero attached hydrogens (tertiary/aromatic N) is 2. The van der Waals surface area contributed by atoms with E-state index in [1.807, 2.05) is 49.1 Å². The number of hydrogen-bond acceptors (Lipinski definition) is 10. The SMILES string of the molecule is CN(C)[C@H](CNC(=O)NCCc1cccs1)Cc1ccc(CN(C)[C@H](CNC(=O)NCCc2ccsc2)Cc2cccc3c2OCO3)c2c1OCO2. The van der Waals surface area contributed by atoms with Crippen LogP contribution < -0.4 is 40.2 Å². The number of carbonyl (C=O) groups is 2. The second kappa shape index (κ2) is 18.3. The number of likely N-dealkylation sites (N-methyl/N-ethyl adjacent to an activating group) is 2. The molecular weight excluding hydrogens is 701 g/mol. The molecule has 0 fully saturated rings. The fourth-order valence-corrected chi connectivity index (χ4v) is 7.74. The quantitative estimate of drug-likeness (QED) is 0.114. The molecule has 4 N–H and O–H groups in total. The van der Waals surface area contributed by atoms with Gasteiger partial charge in [-0.2, -0.15) is 11.3 Å². The minimum atomic E-state index is -0.200. The molecule has 6 rings (SSSR count). The van der Waals surface area contributed by atoms with Crippen molar-refractivity contribution in [3.63, 3.8) is 0 Å². The van der Waals surface area contributed by atoms with Gasteiger partial charge in [-0.15, -0.1) is 11.3 Å². The second-order valence-electron chi connectivity index (χ2n) is 13.2. The minimum absolute atomic E-state index is 0.0375. The molecule has 278 valence electrons. The van der Waals surface area contributed by atoms with Crippen molar-refractivity contribution in [2.45, 2.75) is 44.3 Å². The Morgan fingerprint density at radius 2 is 1.38 bits per heavy atom. The zero-order valence-corrected chi connectivity index (χ0v) is 31.6. The summed E-state index contributed by atoms with van der Waals surface area (Å²) in [5.41, 5.74) is 4.25. The molecule has 0 unspecified atom stereocenters. The van der Waals surface area contributed by atoms with Crippen molar-refractivity contribution in [3.8, 4) is 23.0 Å². The molecule has 4 heterocycles. The number of rotatable bonds is 18. The van der Waals surface area contributed by atoms with Crippen molar-refractivity contribution in [3.05, 3.63) is 91.8 Å². The van der Waals surface area contributed by atoms with Crippen LogP contribution in [-0.4, -0.2) is 94.9 Å². The van der Waals surface area contributed by atoms with E-state index >= 15 is 0 Å². The van der Waals surface area contributed by atoms with E-state index in [0.717, 1.165) is 52.5 Å². The molecule has 52 heavy (non-hydrogen) atoms. The lowest BCUT2D eigenvalue weighted by atomic mass is 9.99. The van der Waals surface area contributed by atoms with Crippen LogP contribution in [0.25, 0.3) is 0 Å². The van der Waals surface area contributed by atoms with Crippen LogP contribution >= 0.6 is 22.7 Å². The highest BCUT2D eigenvalue weighted by Gasteiger charge is 2.28. The highest BCUT2D eigenvalue weighted by Crippen LogP contribution is 2.41. The van der Waals surface area contributed by atoms with Gasteiger partial charge in [0.05, 0.1) is 0 Å². The van der Waals surface area contributed by atoms with Crippen LogP contribution in [0, 0.1) is 0 Å². The first kappa shape index (κ1) is 37.3. The monoisotopic (exact) mass is 748 g/mol. The number of benzene rings is 2. The van der Waals surface area contributed by atoms with Gasteiger partial charge in [0.1, 0.15) is 0 Å². The predicted molar refractivity (Wildman–Crippen MR) is 204 cm³/mol. The summed E-state index contributed by atoms with van der Waals surface area (Å²) in [5, 5.41) is 18.3. The van der Waals surface area contributed by atoms with Crippen LogP contribution in [0.2, 0.25) is 0 Å². The molecule has 2 aliphatic heterocycles. The van der Waals surface area contributed by atoms with E-state index < -0.39 is 0 Å². The van der Waals surface area contributed by atoms with Crippen LogP contribution in [0.1, 0.15) is 27.1 Å². The smallest absolute Gasteiger partial charge is 0.314 e. The van der Waals surface area contributed by atoms with Gasteiger partial charge in [0.25, 0.3) is 0 Å². The topological polar surface area (TPSA) is 126 Å². The van der Waals surface area contributed by atoms with Gasteiger partial charge in [0, 0.05) is 55.2 Å². The van der Waals surface area contributed by atoms with Crippen LogP contribution in [0.3, 0.4) is 0 Å². The minimum Gasteiger partial charge on any atom is -0.454 e. The third kappa shape index (κ3) is 10.1. The number of fused-ring (bicyclic) bond motifs is 2. The Morgan fingerprint density at radius 3 is 2.12 bits per heavy atom. The molecular formula is C38H48N6O6S2. The highest BCUT2D eigenvalue weighted by atomic mass is 32.1. The van der Waals surface area contributed by atoms with Gasteiger partial charge in [-0.1, -0.05) is 30.3 Å². The summed E-state index contributed by atoms with van der Waals surface area (Å²) >= 11 is 3.35. The van der Waals surface area contributed by atoms with E-state index in [1.165, 1.54) is 10.4 Å². The fourth-order valence-electron chi connectivity index (χ4n) is 6.33. The Morgan fingerprint density at radius 1 is 0.712 bits per heavy atom.